The highest BCUT2D eigenvalue weighted by atomic mass is 19.1. The number of aliphatic hydroxyl groups excluding tert-OH is 1. The van der Waals surface area contributed by atoms with Crippen LogP contribution in [0.15, 0.2) is 42.5 Å². The minimum absolute atomic E-state index is 0.281. The van der Waals surface area contributed by atoms with Gasteiger partial charge in [-0.25, -0.2) is 4.39 Å². The molecule has 0 aliphatic heterocycles. The zero-order valence-corrected chi connectivity index (χ0v) is 12.6. The first-order valence-electron chi connectivity index (χ1n) is 7.16. The fourth-order valence-corrected chi connectivity index (χ4v) is 2.10. The summed E-state index contributed by atoms with van der Waals surface area (Å²) in [5.41, 5.74) is 2.61. The highest BCUT2D eigenvalue weighted by Crippen LogP contribution is 2.22. The smallest absolute Gasteiger partial charge is 0.132 e. The first-order chi connectivity index (χ1) is 9.97. The summed E-state index contributed by atoms with van der Waals surface area (Å²) in [5.74, 6) is 0.518. The molecule has 2 rings (SSSR count). The Balaban J connectivity index is 2.01. The van der Waals surface area contributed by atoms with Gasteiger partial charge in [0.25, 0.3) is 0 Å². The van der Waals surface area contributed by atoms with Gasteiger partial charge in [-0.05, 0) is 36.1 Å². The van der Waals surface area contributed by atoms with Crippen molar-refractivity contribution in [2.75, 3.05) is 0 Å². The quantitative estimate of drug-likeness (QED) is 0.872. The Labute approximate surface area is 125 Å². The molecule has 2 nitrogen and oxygen atoms in total. The second-order valence-corrected chi connectivity index (χ2v) is 5.54. The number of rotatable bonds is 5. The lowest BCUT2D eigenvalue weighted by Crippen LogP contribution is -1.99. The molecule has 2 aromatic rings. The third kappa shape index (κ3) is 4.05. The Morgan fingerprint density at radius 3 is 2.24 bits per heavy atom. The van der Waals surface area contributed by atoms with E-state index in [2.05, 4.69) is 26.0 Å². The third-order valence-electron chi connectivity index (χ3n) is 3.47. The van der Waals surface area contributed by atoms with Crippen molar-refractivity contribution in [3.63, 3.8) is 0 Å². The van der Waals surface area contributed by atoms with Gasteiger partial charge in [0.05, 0.1) is 6.10 Å². The summed E-state index contributed by atoms with van der Waals surface area (Å²) in [7, 11) is 0. The van der Waals surface area contributed by atoms with Crippen LogP contribution in [0.3, 0.4) is 0 Å². The molecule has 0 fully saturated rings. The van der Waals surface area contributed by atoms with Gasteiger partial charge in [0.15, 0.2) is 0 Å². The van der Waals surface area contributed by atoms with Crippen molar-refractivity contribution < 1.29 is 14.2 Å². The summed E-state index contributed by atoms with van der Waals surface area (Å²) in [5, 5.41) is 9.39. The predicted octanol–water partition coefficient (Wildman–Crippen LogP) is 4.58. The summed E-state index contributed by atoms with van der Waals surface area (Å²) in [6, 6.07) is 12.8. The van der Waals surface area contributed by atoms with E-state index in [4.69, 9.17) is 4.74 Å². The highest BCUT2D eigenvalue weighted by molar-refractivity contribution is 5.31. The number of benzene rings is 2. The molecule has 0 spiro atoms. The molecule has 21 heavy (non-hydrogen) atoms. The lowest BCUT2D eigenvalue weighted by Gasteiger charge is -2.11. The molecule has 0 heterocycles. The minimum atomic E-state index is -0.817. The van der Waals surface area contributed by atoms with Crippen LogP contribution in [0.5, 0.6) is 5.75 Å². The molecule has 3 heteroatoms. The highest BCUT2D eigenvalue weighted by Gasteiger charge is 2.09. The molecule has 1 N–H and O–H groups in total. The predicted molar refractivity (Wildman–Crippen MR) is 81.9 cm³/mol. The molecule has 1 atom stereocenters. The van der Waals surface area contributed by atoms with Gasteiger partial charge in [0.2, 0.25) is 0 Å². The standard InChI is InChI=1S/C18H21FO2/c1-12(2)15-6-4-14(5-7-15)11-21-16-8-9-17(13(3)20)18(19)10-16/h4-10,12-13,20H,11H2,1-3H3/t13-/m1/s1. The molecule has 0 aromatic heterocycles. The van der Waals surface area contributed by atoms with E-state index in [0.29, 0.717) is 18.3 Å². The zero-order chi connectivity index (χ0) is 15.4. The van der Waals surface area contributed by atoms with E-state index >= 15 is 0 Å². The molecule has 0 unspecified atom stereocenters. The van der Waals surface area contributed by atoms with Crippen molar-refractivity contribution >= 4 is 0 Å². The second kappa shape index (κ2) is 6.72. The van der Waals surface area contributed by atoms with Gasteiger partial charge < -0.3 is 9.84 Å². The van der Waals surface area contributed by atoms with Crippen molar-refractivity contribution in [3.05, 3.63) is 65.0 Å². The fourth-order valence-electron chi connectivity index (χ4n) is 2.10. The van der Waals surface area contributed by atoms with Crippen LogP contribution in [0.25, 0.3) is 0 Å². The maximum absolute atomic E-state index is 13.7. The van der Waals surface area contributed by atoms with Crippen LogP contribution in [0, 0.1) is 5.82 Å². The van der Waals surface area contributed by atoms with Crippen molar-refractivity contribution in [2.45, 2.75) is 39.4 Å². The first-order valence-corrected chi connectivity index (χ1v) is 7.16. The molecule has 112 valence electrons. The number of halogens is 1. The van der Waals surface area contributed by atoms with Crippen LogP contribution in [0.4, 0.5) is 4.39 Å². The molecule has 0 radical (unpaired) electrons. The molecular formula is C18H21FO2. The summed E-state index contributed by atoms with van der Waals surface area (Å²) in [4.78, 5) is 0. The Morgan fingerprint density at radius 1 is 1.05 bits per heavy atom. The van der Waals surface area contributed by atoms with Gasteiger partial charge in [0, 0.05) is 11.6 Å². The molecule has 0 amide bonds. The lowest BCUT2D eigenvalue weighted by atomic mass is 10.0. The van der Waals surface area contributed by atoms with E-state index in [0.717, 1.165) is 5.56 Å². The van der Waals surface area contributed by atoms with Gasteiger partial charge in [-0.2, -0.15) is 0 Å². The largest absolute Gasteiger partial charge is 0.489 e. The first kappa shape index (κ1) is 15.5. The monoisotopic (exact) mass is 288 g/mol. The van der Waals surface area contributed by atoms with E-state index in [1.807, 2.05) is 12.1 Å². The number of ether oxygens (including phenoxy) is 1. The maximum atomic E-state index is 13.7. The maximum Gasteiger partial charge on any atom is 0.132 e. The van der Waals surface area contributed by atoms with Crippen molar-refractivity contribution in [1.29, 1.82) is 0 Å². The summed E-state index contributed by atoms with van der Waals surface area (Å²) in [6.07, 6.45) is -0.817. The van der Waals surface area contributed by atoms with Crippen LogP contribution in [-0.4, -0.2) is 5.11 Å². The van der Waals surface area contributed by atoms with E-state index in [1.165, 1.54) is 18.6 Å². The lowest BCUT2D eigenvalue weighted by molar-refractivity contribution is 0.194. The van der Waals surface area contributed by atoms with Gasteiger partial charge in [-0.3, -0.25) is 0 Å². The van der Waals surface area contributed by atoms with Gasteiger partial charge in [-0.1, -0.05) is 38.1 Å². The molecule has 2 aromatic carbocycles. The number of aliphatic hydroxyl groups is 1. The molecule has 0 saturated carbocycles. The normalized spacial score (nSPS) is 12.5. The van der Waals surface area contributed by atoms with Gasteiger partial charge in [0.1, 0.15) is 18.2 Å². The van der Waals surface area contributed by atoms with E-state index in [-0.39, 0.29) is 5.56 Å². The molecule has 0 bridgehead atoms. The Morgan fingerprint density at radius 2 is 1.71 bits per heavy atom. The average Bonchev–Trinajstić information content (AvgIpc) is 2.45. The van der Waals surface area contributed by atoms with Gasteiger partial charge in [-0.15, -0.1) is 0 Å². The molecule has 0 aliphatic carbocycles. The number of hydrogen-bond donors (Lipinski definition) is 1. The van der Waals surface area contributed by atoms with Gasteiger partial charge >= 0.3 is 0 Å². The number of hydrogen-bond acceptors (Lipinski definition) is 2. The fraction of sp³-hybridized carbons (Fsp3) is 0.333. The van der Waals surface area contributed by atoms with Crippen molar-refractivity contribution in [1.82, 2.24) is 0 Å². The summed E-state index contributed by atoms with van der Waals surface area (Å²) >= 11 is 0. The van der Waals surface area contributed by atoms with Crippen LogP contribution in [-0.2, 0) is 6.61 Å². The summed E-state index contributed by atoms with van der Waals surface area (Å²) < 4.78 is 19.3. The van der Waals surface area contributed by atoms with Crippen LogP contribution >= 0.6 is 0 Å². The van der Waals surface area contributed by atoms with Crippen LogP contribution in [0.1, 0.15) is 49.5 Å². The SMILES string of the molecule is CC(C)c1ccc(COc2ccc([C@@H](C)O)c(F)c2)cc1. The Kier molecular flexibility index (Phi) is 4.97. The Hall–Kier alpha value is -1.87. The second-order valence-electron chi connectivity index (χ2n) is 5.54. The molecule has 0 aliphatic rings. The zero-order valence-electron chi connectivity index (χ0n) is 12.6. The third-order valence-corrected chi connectivity index (χ3v) is 3.47. The minimum Gasteiger partial charge on any atom is -0.489 e. The van der Waals surface area contributed by atoms with E-state index < -0.39 is 11.9 Å². The summed E-state index contributed by atoms with van der Waals surface area (Å²) in [6.45, 7) is 6.23. The van der Waals surface area contributed by atoms with Crippen LogP contribution < -0.4 is 4.74 Å². The molecular weight excluding hydrogens is 267 g/mol. The van der Waals surface area contributed by atoms with E-state index in [1.54, 1.807) is 12.1 Å². The Bertz CT molecular complexity index is 589. The van der Waals surface area contributed by atoms with Crippen molar-refractivity contribution in [2.24, 2.45) is 0 Å². The van der Waals surface area contributed by atoms with Crippen LogP contribution in [0.2, 0.25) is 0 Å². The van der Waals surface area contributed by atoms with E-state index in [9.17, 15) is 9.50 Å². The average molecular weight is 288 g/mol. The van der Waals surface area contributed by atoms with Crippen molar-refractivity contribution in [3.8, 4) is 5.75 Å². The molecule has 0 saturated heterocycles. The topological polar surface area (TPSA) is 29.5 Å².